The second-order valence-electron chi connectivity index (χ2n) is 8.31. The summed E-state index contributed by atoms with van der Waals surface area (Å²) < 4.78 is 47.7. The molecular formula is C25H24N2OS. The lowest BCUT2D eigenvalue weighted by molar-refractivity contribution is 0.412. The second kappa shape index (κ2) is 6.39. The highest BCUT2D eigenvalue weighted by molar-refractivity contribution is 7.19. The minimum atomic E-state index is -2.32. The smallest absolute Gasteiger partial charge is 0.227 e. The topological polar surface area (TPSA) is 38.9 Å². The van der Waals surface area contributed by atoms with Crippen molar-refractivity contribution in [3.8, 4) is 11.3 Å². The van der Waals surface area contributed by atoms with Crippen molar-refractivity contribution >= 4 is 43.5 Å². The molecule has 0 amide bonds. The third-order valence-corrected chi connectivity index (χ3v) is 5.95. The van der Waals surface area contributed by atoms with Crippen molar-refractivity contribution in [1.29, 1.82) is 0 Å². The molecule has 0 bridgehead atoms. The highest BCUT2D eigenvalue weighted by Gasteiger charge is 2.19. The van der Waals surface area contributed by atoms with Crippen molar-refractivity contribution in [3.63, 3.8) is 0 Å². The van der Waals surface area contributed by atoms with E-state index in [-0.39, 0.29) is 11.4 Å². The molecule has 0 spiro atoms. The van der Waals surface area contributed by atoms with Crippen LogP contribution < -0.4 is 0 Å². The van der Waals surface area contributed by atoms with Gasteiger partial charge in [-0.1, -0.05) is 32.9 Å². The van der Waals surface area contributed by atoms with Gasteiger partial charge in [0.1, 0.15) is 5.58 Å². The molecule has 0 aliphatic carbocycles. The van der Waals surface area contributed by atoms with Crippen LogP contribution in [0, 0.1) is 19.2 Å². The zero-order valence-electron chi connectivity index (χ0n) is 21.8. The number of rotatable bonds is 2. The number of aryl methyl sites for hydroxylation is 2. The van der Waals surface area contributed by atoms with Crippen LogP contribution in [-0.4, -0.2) is 9.97 Å². The van der Waals surface area contributed by atoms with Gasteiger partial charge in [-0.25, -0.2) is 4.98 Å². The van der Waals surface area contributed by atoms with E-state index in [4.69, 9.17) is 11.3 Å². The molecule has 0 aliphatic rings. The molecule has 5 aromatic rings. The van der Waals surface area contributed by atoms with Gasteiger partial charge in [-0.15, -0.1) is 11.3 Å². The van der Waals surface area contributed by atoms with E-state index in [1.807, 2.05) is 52.0 Å². The van der Waals surface area contributed by atoms with Crippen LogP contribution in [0.25, 0.3) is 43.4 Å². The van der Waals surface area contributed by atoms with Crippen molar-refractivity contribution < 1.29 is 11.3 Å². The van der Waals surface area contributed by atoms with Gasteiger partial charge in [-0.3, -0.25) is 4.98 Å². The van der Waals surface area contributed by atoms with E-state index in [0.29, 0.717) is 16.8 Å². The predicted octanol–water partition coefficient (Wildman–Crippen LogP) is 7.46. The number of fused-ring (bicyclic) bond motifs is 4. The molecule has 146 valence electrons. The lowest BCUT2D eigenvalue weighted by Gasteiger charge is -2.18. The molecule has 4 heteroatoms. The number of nitrogens with zero attached hydrogens (tertiary/aromatic N) is 2. The summed E-state index contributed by atoms with van der Waals surface area (Å²) in [5, 5.41) is 2.41. The minimum Gasteiger partial charge on any atom is -0.437 e. The summed E-state index contributed by atoms with van der Waals surface area (Å²) in [4.78, 5) is 9.86. The summed E-state index contributed by atoms with van der Waals surface area (Å²) >= 11 is 1.55. The first-order chi connectivity index (χ1) is 15.8. The van der Waals surface area contributed by atoms with Gasteiger partial charge in [0.25, 0.3) is 0 Å². The van der Waals surface area contributed by atoms with Crippen molar-refractivity contribution in [1.82, 2.24) is 9.97 Å². The summed E-state index contributed by atoms with van der Waals surface area (Å²) in [6.45, 7) is 5.37. The normalized spacial score (nSPS) is 15.9. The number of thiophene rings is 1. The van der Waals surface area contributed by atoms with Gasteiger partial charge in [-0.05, 0) is 60.8 Å². The van der Waals surface area contributed by atoms with Crippen LogP contribution in [0.4, 0.5) is 0 Å². The number of furan rings is 1. The Balaban J connectivity index is 1.74. The maximum Gasteiger partial charge on any atom is 0.227 e. The van der Waals surface area contributed by atoms with Gasteiger partial charge in [0, 0.05) is 40.0 Å². The van der Waals surface area contributed by atoms with E-state index < -0.39 is 18.6 Å². The van der Waals surface area contributed by atoms with Crippen LogP contribution in [0.15, 0.2) is 47.0 Å². The van der Waals surface area contributed by atoms with Crippen LogP contribution in [-0.2, 0) is 6.37 Å². The van der Waals surface area contributed by atoms with E-state index >= 15 is 0 Å². The van der Waals surface area contributed by atoms with E-state index in [9.17, 15) is 0 Å². The van der Waals surface area contributed by atoms with E-state index in [1.165, 1.54) is 6.07 Å². The van der Waals surface area contributed by atoms with Gasteiger partial charge >= 0.3 is 0 Å². The Morgan fingerprint density at radius 2 is 2.00 bits per heavy atom. The maximum atomic E-state index is 8.89. The van der Waals surface area contributed by atoms with Crippen LogP contribution in [0.1, 0.15) is 43.8 Å². The summed E-state index contributed by atoms with van der Waals surface area (Å²) in [5.41, 5.74) is 2.36. The van der Waals surface area contributed by atoms with Crippen LogP contribution in [0.3, 0.4) is 0 Å². The molecule has 29 heavy (non-hydrogen) atoms. The molecular weight excluding hydrogens is 376 g/mol. The summed E-state index contributed by atoms with van der Waals surface area (Å²) in [7, 11) is 0. The zero-order valence-corrected chi connectivity index (χ0v) is 17.6. The average Bonchev–Trinajstić information content (AvgIpc) is 3.27. The Bertz CT molecular complexity index is 1570. The van der Waals surface area contributed by atoms with Crippen molar-refractivity contribution in [2.24, 2.45) is 5.41 Å². The van der Waals surface area contributed by atoms with Gasteiger partial charge in [0.05, 0.1) is 10.4 Å². The number of hydrogen-bond donors (Lipinski definition) is 0. The largest absolute Gasteiger partial charge is 0.437 e. The molecule has 0 saturated carbocycles. The number of para-hydroxylation sites is 1. The first-order valence-electron chi connectivity index (χ1n) is 12.0. The Morgan fingerprint density at radius 3 is 2.79 bits per heavy atom. The molecule has 0 fully saturated rings. The van der Waals surface area contributed by atoms with E-state index in [0.717, 1.165) is 31.3 Å². The molecule has 4 heterocycles. The van der Waals surface area contributed by atoms with Crippen molar-refractivity contribution in [3.05, 3.63) is 58.7 Å². The Morgan fingerprint density at radius 1 is 1.14 bits per heavy atom. The fraction of sp³-hybridized carbons (Fsp3) is 0.280. The molecule has 3 nitrogen and oxygen atoms in total. The van der Waals surface area contributed by atoms with Gasteiger partial charge < -0.3 is 4.42 Å². The summed E-state index contributed by atoms with van der Waals surface area (Å²) in [6, 6.07) is 10.9. The van der Waals surface area contributed by atoms with Gasteiger partial charge in [0.2, 0.25) is 5.71 Å². The highest BCUT2D eigenvalue weighted by atomic mass is 32.1. The summed E-state index contributed by atoms with van der Waals surface area (Å²) in [5.74, 6) is 0. The van der Waals surface area contributed by atoms with E-state index in [1.54, 1.807) is 23.6 Å². The first kappa shape index (κ1) is 13.5. The van der Waals surface area contributed by atoms with Gasteiger partial charge in [0.15, 0.2) is 0 Å². The maximum absolute atomic E-state index is 8.89. The Hall–Kier alpha value is -2.72. The molecule has 4 aromatic heterocycles. The predicted molar refractivity (Wildman–Crippen MR) is 123 cm³/mol. The molecule has 0 aliphatic heterocycles. The Kier molecular flexibility index (Phi) is 2.97. The van der Waals surface area contributed by atoms with Gasteiger partial charge in [-0.2, -0.15) is 0 Å². The molecule has 0 saturated heterocycles. The number of pyridine rings is 2. The minimum absolute atomic E-state index is 0.0112. The SMILES string of the molecule is [2H]C([2H])([2H])c1ccc2c(n1)oc1c(-c3cc4c(C([2H])([2H])C(C)(C)C)c(C)sc4cn3)cccc12. The van der Waals surface area contributed by atoms with Crippen molar-refractivity contribution in [2.45, 2.75) is 40.9 Å². The third kappa shape index (κ3) is 3.12. The molecule has 0 radical (unpaired) electrons. The number of hydrogen-bond acceptors (Lipinski definition) is 4. The lowest BCUT2D eigenvalue weighted by Crippen LogP contribution is -2.09. The molecule has 5 rings (SSSR count). The fourth-order valence-electron chi connectivity index (χ4n) is 3.68. The fourth-order valence-corrected chi connectivity index (χ4v) is 4.65. The molecule has 0 atom stereocenters. The molecule has 0 N–H and O–H groups in total. The number of benzene rings is 1. The monoisotopic (exact) mass is 405 g/mol. The number of aromatic nitrogens is 2. The molecule has 1 aromatic carbocycles. The highest BCUT2D eigenvalue weighted by Crippen LogP contribution is 2.39. The Labute approximate surface area is 181 Å². The third-order valence-electron chi connectivity index (χ3n) is 4.89. The zero-order chi connectivity index (χ0) is 24.6. The molecule has 0 unspecified atom stereocenters. The van der Waals surface area contributed by atoms with Crippen molar-refractivity contribution in [2.75, 3.05) is 0 Å². The average molecular weight is 406 g/mol. The first-order valence-corrected chi connectivity index (χ1v) is 10.3. The second-order valence-corrected chi connectivity index (χ2v) is 9.56. The van der Waals surface area contributed by atoms with Crippen LogP contribution in [0.2, 0.25) is 0 Å². The van der Waals surface area contributed by atoms with Crippen LogP contribution >= 0.6 is 11.3 Å². The van der Waals surface area contributed by atoms with Crippen LogP contribution in [0.5, 0.6) is 0 Å². The standard InChI is InChI=1S/C25H24N2OS/c1-14-9-10-17-16-7-6-8-18(23(16)28-24(17)27-14)21-11-19-20(12-25(3,4)5)15(2)29-22(19)13-26-21/h6-11,13H,12H2,1-5H3/i1D3,12D2. The lowest BCUT2D eigenvalue weighted by atomic mass is 9.87. The quantitative estimate of drug-likeness (QED) is 0.306. The van der Waals surface area contributed by atoms with E-state index in [2.05, 4.69) is 9.97 Å². The summed E-state index contributed by atoms with van der Waals surface area (Å²) in [6.07, 6.45) is 0.256.